The van der Waals surface area contributed by atoms with Gasteiger partial charge in [0.15, 0.2) is 0 Å². The smallest absolute Gasteiger partial charge is 0.141 e. The highest BCUT2D eigenvalue weighted by Gasteiger charge is 2.23. The quantitative estimate of drug-likeness (QED) is 0.656. The van der Waals surface area contributed by atoms with Crippen LogP contribution in [0, 0.1) is 17.1 Å². The summed E-state index contributed by atoms with van der Waals surface area (Å²) >= 11 is 0. The summed E-state index contributed by atoms with van der Waals surface area (Å²) in [6.45, 7) is 0.424. The standard InChI is InChI=1S/C11H8FNO2/c12-10-4-9-7(6-14)1-2-15-11(9)3-8(10)5-13/h3-4,6-7H,1-2H2/t7-/m1/s1. The average molecular weight is 205 g/mol. The molecule has 0 N–H and O–H groups in total. The van der Waals surface area contributed by atoms with Crippen molar-refractivity contribution in [2.24, 2.45) is 0 Å². The zero-order valence-corrected chi connectivity index (χ0v) is 7.87. The number of rotatable bonds is 1. The van der Waals surface area contributed by atoms with Crippen molar-refractivity contribution in [2.45, 2.75) is 12.3 Å². The maximum Gasteiger partial charge on any atom is 0.141 e. The minimum Gasteiger partial charge on any atom is -0.493 e. The number of nitrogens with zero attached hydrogens (tertiary/aromatic N) is 1. The molecule has 0 fully saturated rings. The van der Waals surface area contributed by atoms with Crippen molar-refractivity contribution in [3.8, 4) is 11.8 Å². The molecule has 1 heterocycles. The first kappa shape index (κ1) is 9.66. The molecule has 1 atom stereocenters. The Kier molecular flexibility index (Phi) is 2.38. The van der Waals surface area contributed by atoms with E-state index in [9.17, 15) is 9.18 Å². The molecule has 3 nitrogen and oxygen atoms in total. The third-order valence-corrected chi connectivity index (χ3v) is 2.47. The summed E-state index contributed by atoms with van der Waals surface area (Å²) in [7, 11) is 0. The summed E-state index contributed by atoms with van der Waals surface area (Å²) in [6.07, 6.45) is 1.34. The van der Waals surface area contributed by atoms with Gasteiger partial charge in [-0.2, -0.15) is 5.26 Å². The Morgan fingerprint density at radius 3 is 3.07 bits per heavy atom. The number of halogens is 1. The van der Waals surface area contributed by atoms with Crippen LogP contribution in [0.4, 0.5) is 4.39 Å². The molecule has 1 aromatic carbocycles. The van der Waals surface area contributed by atoms with Crippen LogP contribution >= 0.6 is 0 Å². The molecule has 15 heavy (non-hydrogen) atoms. The van der Waals surface area contributed by atoms with E-state index in [0.29, 0.717) is 24.3 Å². The third kappa shape index (κ3) is 1.57. The summed E-state index contributed by atoms with van der Waals surface area (Å²) in [4.78, 5) is 10.7. The molecule has 2 rings (SSSR count). The zero-order valence-electron chi connectivity index (χ0n) is 7.87. The molecule has 1 aliphatic rings. The highest BCUT2D eigenvalue weighted by Crippen LogP contribution is 2.34. The van der Waals surface area contributed by atoms with Crippen LogP contribution in [0.2, 0.25) is 0 Å². The van der Waals surface area contributed by atoms with E-state index >= 15 is 0 Å². The highest BCUT2D eigenvalue weighted by molar-refractivity contribution is 5.65. The molecule has 0 saturated heterocycles. The van der Waals surface area contributed by atoms with E-state index in [0.717, 1.165) is 6.29 Å². The molecule has 0 aromatic heterocycles. The molecule has 0 saturated carbocycles. The molecule has 0 bridgehead atoms. The summed E-state index contributed by atoms with van der Waals surface area (Å²) in [5, 5.41) is 8.63. The van der Waals surface area contributed by atoms with Gasteiger partial charge < -0.3 is 9.53 Å². The number of ether oxygens (including phenoxy) is 1. The minimum absolute atomic E-state index is 0.0553. The van der Waals surface area contributed by atoms with Gasteiger partial charge in [-0.05, 0) is 12.5 Å². The van der Waals surface area contributed by atoms with Crippen LogP contribution in [0.15, 0.2) is 12.1 Å². The van der Waals surface area contributed by atoms with Crippen LogP contribution < -0.4 is 4.74 Å². The third-order valence-electron chi connectivity index (χ3n) is 2.47. The molecule has 0 radical (unpaired) electrons. The van der Waals surface area contributed by atoms with Crippen molar-refractivity contribution in [2.75, 3.05) is 6.61 Å². The summed E-state index contributed by atoms with van der Waals surface area (Å²) in [6, 6.07) is 4.30. The number of hydrogen-bond acceptors (Lipinski definition) is 3. The predicted molar refractivity (Wildman–Crippen MR) is 50.0 cm³/mol. The molecule has 0 aliphatic carbocycles. The Morgan fingerprint density at radius 2 is 2.40 bits per heavy atom. The van der Waals surface area contributed by atoms with E-state index in [1.807, 2.05) is 0 Å². The normalized spacial score (nSPS) is 18.5. The molecule has 0 unspecified atom stereocenters. The van der Waals surface area contributed by atoms with Gasteiger partial charge in [-0.15, -0.1) is 0 Å². The minimum atomic E-state index is -0.603. The van der Waals surface area contributed by atoms with Gasteiger partial charge in [-0.1, -0.05) is 0 Å². The largest absolute Gasteiger partial charge is 0.493 e. The summed E-state index contributed by atoms with van der Waals surface area (Å²) in [5.74, 6) is -0.485. The lowest BCUT2D eigenvalue weighted by Crippen LogP contribution is -2.15. The molecule has 4 heteroatoms. The van der Waals surface area contributed by atoms with Crippen molar-refractivity contribution >= 4 is 6.29 Å². The molecular weight excluding hydrogens is 197 g/mol. The summed E-state index contributed by atoms with van der Waals surface area (Å²) < 4.78 is 18.6. The Hall–Kier alpha value is -1.89. The lowest BCUT2D eigenvalue weighted by molar-refractivity contribution is -0.109. The number of benzene rings is 1. The first-order valence-corrected chi connectivity index (χ1v) is 4.58. The number of carbonyl (C=O) groups excluding carboxylic acids is 1. The summed E-state index contributed by atoms with van der Waals surface area (Å²) in [5.41, 5.74) is 0.480. The lowest BCUT2D eigenvalue weighted by atomic mass is 9.93. The van der Waals surface area contributed by atoms with Gasteiger partial charge in [0.2, 0.25) is 0 Å². The number of carbonyl (C=O) groups is 1. The van der Waals surface area contributed by atoms with Crippen molar-refractivity contribution < 1.29 is 13.9 Å². The van der Waals surface area contributed by atoms with Crippen LogP contribution in [-0.4, -0.2) is 12.9 Å². The molecule has 1 aliphatic heterocycles. The first-order valence-electron chi connectivity index (χ1n) is 4.58. The molecule has 76 valence electrons. The number of fused-ring (bicyclic) bond motifs is 1. The fourth-order valence-corrected chi connectivity index (χ4v) is 1.66. The Labute approximate surface area is 86.1 Å². The van der Waals surface area contributed by atoms with Gasteiger partial charge in [0.25, 0.3) is 0 Å². The van der Waals surface area contributed by atoms with Gasteiger partial charge in [-0.25, -0.2) is 4.39 Å². The fourth-order valence-electron chi connectivity index (χ4n) is 1.66. The number of hydrogen-bond donors (Lipinski definition) is 0. The average Bonchev–Trinajstić information content (AvgIpc) is 2.27. The van der Waals surface area contributed by atoms with Gasteiger partial charge in [0, 0.05) is 17.5 Å². The molecule has 1 aromatic rings. The zero-order chi connectivity index (χ0) is 10.8. The molecular formula is C11H8FNO2. The predicted octanol–water partition coefficient (Wildman–Crippen LogP) is 1.76. The SMILES string of the molecule is N#Cc1cc2c(cc1F)[C@@H](C=O)CCO2. The lowest BCUT2D eigenvalue weighted by Gasteiger charge is -2.22. The van der Waals surface area contributed by atoms with Crippen LogP contribution in [0.1, 0.15) is 23.5 Å². The second-order valence-corrected chi connectivity index (χ2v) is 3.36. The Bertz CT molecular complexity index is 451. The van der Waals surface area contributed by atoms with Crippen LogP contribution in [0.25, 0.3) is 0 Å². The monoisotopic (exact) mass is 205 g/mol. The Morgan fingerprint density at radius 1 is 1.60 bits per heavy atom. The van der Waals surface area contributed by atoms with E-state index in [4.69, 9.17) is 10.00 Å². The number of aldehydes is 1. The van der Waals surface area contributed by atoms with Gasteiger partial charge in [0.1, 0.15) is 23.9 Å². The van der Waals surface area contributed by atoms with E-state index in [1.165, 1.54) is 12.1 Å². The van der Waals surface area contributed by atoms with Crippen LogP contribution in [0.5, 0.6) is 5.75 Å². The van der Waals surface area contributed by atoms with Gasteiger partial charge >= 0.3 is 0 Å². The van der Waals surface area contributed by atoms with Crippen LogP contribution in [-0.2, 0) is 4.79 Å². The van der Waals surface area contributed by atoms with Crippen LogP contribution in [0.3, 0.4) is 0 Å². The second kappa shape index (κ2) is 3.70. The van der Waals surface area contributed by atoms with Crippen molar-refractivity contribution in [3.63, 3.8) is 0 Å². The van der Waals surface area contributed by atoms with E-state index in [-0.39, 0.29) is 11.5 Å². The van der Waals surface area contributed by atoms with E-state index < -0.39 is 5.82 Å². The number of nitriles is 1. The topological polar surface area (TPSA) is 50.1 Å². The highest BCUT2D eigenvalue weighted by atomic mass is 19.1. The molecule has 0 spiro atoms. The molecule has 0 amide bonds. The van der Waals surface area contributed by atoms with E-state index in [2.05, 4.69) is 0 Å². The second-order valence-electron chi connectivity index (χ2n) is 3.36. The van der Waals surface area contributed by atoms with Gasteiger partial charge in [-0.3, -0.25) is 0 Å². The maximum absolute atomic E-state index is 13.3. The van der Waals surface area contributed by atoms with Crippen molar-refractivity contribution in [1.82, 2.24) is 0 Å². The van der Waals surface area contributed by atoms with E-state index in [1.54, 1.807) is 6.07 Å². The fraction of sp³-hybridized carbons (Fsp3) is 0.273. The van der Waals surface area contributed by atoms with Crippen molar-refractivity contribution in [3.05, 3.63) is 29.1 Å². The van der Waals surface area contributed by atoms with Gasteiger partial charge in [0.05, 0.1) is 12.2 Å². The Balaban J connectivity index is 2.55. The van der Waals surface area contributed by atoms with Crippen molar-refractivity contribution in [1.29, 1.82) is 5.26 Å². The maximum atomic E-state index is 13.3. The first-order chi connectivity index (χ1) is 7.26.